The molecule has 0 bridgehead atoms. The summed E-state index contributed by atoms with van der Waals surface area (Å²) in [5.41, 5.74) is 1.17. The van der Waals surface area contributed by atoms with E-state index in [1.807, 2.05) is 17.9 Å². The molecule has 1 amide bonds. The van der Waals surface area contributed by atoms with E-state index in [0.717, 1.165) is 51.9 Å². The molecule has 1 atom stereocenters. The average Bonchev–Trinajstić information content (AvgIpc) is 2.86. The van der Waals surface area contributed by atoms with Gasteiger partial charge < -0.3 is 5.32 Å². The molecule has 2 aliphatic heterocycles. The van der Waals surface area contributed by atoms with Crippen LogP contribution >= 0.6 is 0 Å². The average molecular weight is 262 g/mol. The molecule has 1 unspecified atom stereocenters. The summed E-state index contributed by atoms with van der Waals surface area (Å²) >= 11 is 0. The minimum Gasteiger partial charge on any atom is -0.356 e. The number of nitrogens with one attached hydrogen (secondary N) is 1. The number of nitrogens with zero attached hydrogens (tertiary/aromatic N) is 3. The van der Waals surface area contributed by atoms with Crippen molar-refractivity contribution in [2.45, 2.75) is 32.2 Å². The maximum Gasteiger partial charge on any atom is 0.226 e. The van der Waals surface area contributed by atoms with E-state index in [0.29, 0.717) is 0 Å². The predicted molar refractivity (Wildman–Crippen MR) is 72.4 cm³/mol. The van der Waals surface area contributed by atoms with Crippen LogP contribution in [0.3, 0.4) is 0 Å². The fourth-order valence-electron chi connectivity index (χ4n) is 3.39. The van der Waals surface area contributed by atoms with Crippen molar-refractivity contribution in [1.29, 1.82) is 0 Å². The number of hydrogen-bond acceptors (Lipinski definition) is 3. The lowest BCUT2D eigenvalue weighted by Crippen LogP contribution is -2.32. The number of aromatic nitrogens is 2. The van der Waals surface area contributed by atoms with E-state index >= 15 is 0 Å². The molecule has 1 aromatic rings. The van der Waals surface area contributed by atoms with Crippen LogP contribution < -0.4 is 5.32 Å². The zero-order chi connectivity index (χ0) is 13.3. The summed E-state index contributed by atoms with van der Waals surface area (Å²) in [7, 11) is 1.99. The van der Waals surface area contributed by atoms with Gasteiger partial charge in [0.25, 0.3) is 0 Å². The minimum absolute atomic E-state index is 0.0682. The van der Waals surface area contributed by atoms with Crippen LogP contribution in [0, 0.1) is 5.41 Å². The van der Waals surface area contributed by atoms with Crippen molar-refractivity contribution in [3.8, 4) is 0 Å². The summed E-state index contributed by atoms with van der Waals surface area (Å²) in [6.07, 6.45) is 6.02. The zero-order valence-electron chi connectivity index (χ0n) is 11.6. The molecule has 2 saturated heterocycles. The second-order valence-electron chi connectivity index (χ2n) is 5.86. The molecule has 0 saturated carbocycles. The zero-order valence-corrected chi connectivity index (χ0v) is 11.6. The highest BCUT2D eigenvalue weighted by Crippen LogP contribution is 2.38. The second kappa shape index (κ2) is 4.96. The van der Waals surface area contributed by atoms with Crippen molar-refractivity contribution in [3.05, 3.63) is 18.0 Å². The third-order valence-corrected chi connectivity index (χ3v) is 4.72. The Balaban J connectivity index is 1.65. The summed E-state index contributed by atoms with van der Waals surface area (Å²) in [6, 6.07) is 2.07. The summed E-state index contributed by atoms with van der Waals surface area (Å²) in [5.74, 6) is 0.287. The number of aryl methyl sites for hydroxylation is 1. The highest BCUT2D eigenvalue weighted by Gasteiger charge is 2.42. The third-order valence-electron chi connectivity index (χ3n) is 4.72. The molecule has 5 nitrogen and oxygen atoms in total. The van der Waals surface area contributed by atoms with E-state index in [1.165, 1.54) is 5.69 Å². The maximum atomic E-state index is 12.0. The van der Waals surface area contributed by atoms with E-state index in [4.69, 9.17) is 0 Å². The summed E-state index contributed by atoms with van der Waals surface area (Å²) in [6.45, 7) is 3.90. The number of rotatable bonds is 2. The Morgan fingerprint density at radius 3 is 2.95 bits per heavy atom. The van der Waals surface area contributed by atoms with Crippen LogP contribution in [0.4, 0.5) is 0 Å². The molecule has 2 aliphatic rings. The highest BCUT2D eigenvalue weighted by molar-refractivity contribution is 5.84. The Kier molecular flexibility index (Phi) is 3.31. The molecular weight excluding hydrogens is 240 g/mol. The molecule has 104 valence electrons. The molecule has 0 aliphatic carbocycles. The lowest BCUT2D eigenvalue weighted by molar-refractivity contribution is -0.128. The Bertz CT molecular complexity index is 470. The first kappa shape index (κ1) is 12.7. The first-order valence-electron chi connectivity index (χ1n) is 7.17. The van der Waals surface area contributed by atoms with E-state index < -0.39 is 0 Å². The van der Waals surface area contributed by atoms with Crippen molar-refractivity contribution in [1.82, 2.24) is 20.0 Å². The van der Waals surface area contributed by atoms with E-state index in [9.17, 15) is 4.79 Å². The first-order chi connectivity index (χ1) is 9.20. The number of carbonyl (C=O) groups is 1. The van der Waals surface area contributed by atoms with Crippen molar-refractivity contribution in [3.63, 3.8) is 0 Å². The number of hydrogen-bond donors (Lipinski definition) is 1. The van der Waals surface area contributed by atoms with Gasteiger partial charge in [-0.1, -0.05) is 0 Å². The molecule has 2 fully saturated rings. The molecule has 1 spiro atoms. The Labute approximate surface area is 114 Å². The maximum absolute atomic E-state index is 12.0. The SMILES string of the molecule is Cn1nccc1CN1CCCC2(CCNC2=O)CC1. The van der Waals surface area contributed by atoms with Gasteiger partial charge in [0.15, 0.2) is 0 Å². The van der Waals surface area contributed by atoms with E-state index in [2.05, 4.69) is 21.4 Å². The number of carbonyl (C=O) groups excluding carboxylic acids is 1. The predicted octanol–water partition coefficient (Wildman–Crippen LogP) is 0.912. The molecule has 5 heteroatoms. The van der Waals surface area contributed by atoms with Crippen molar-refractivity contribution in [2.24, 2.45) is 12.5 Å². The minimum atomic E-state index is -0.0682. The fourth-order valence-corrected chi connectivity index (χ4v) is 3.39. The highest BCUT2D eigenvalue weighted by atomic mass is 16.2. The lowest BCUT2D eigenvalue weighted by atomic mass is 9.79. The molecule has 19 heavy (non-hydrogen) atoms. The molecule has 1 N–H and O–H groups in total. The van der Waals surface area contributed by atoms with Gasteiger partial charge in [0, 0.05) is 26.3 Å². The van der Waals surface area contributed by atoms with Gasteiger partial charge in [-0.15, -0.1) is 0 Å². The third kappa shape index (κ3) is 2.39. The van der Waals surface area contributed by atoms with Crippen LogP contribution in [-0.2, 0) is 18.4 Å². The van der Waals surface area contributed by atoms with Gasteiger partial charge in [0.05, 0.1) is 11.1 Å². The quantitative estimate of drug-likeness (QED) is 0.862. The first-order valence-corrected chi connectivity index (χ1v) is 7.17. The van der Waals surface area contributed by atoms with Crippen LogP contribution in [0.1, 0.15) is 31.4 Å². The van der Waals surface area contributed by atoms with Crippen LogP contribution in [0.15, 0.2) is 12.3 Å². The molecular formula is C14H22N4O. The van der Waals surface area contributed by atoms with Gasteiger partial charge in [-0.05, 0) is 44.8 Å². The van der Waals surface area contributed by atoms with E-state index in [-0.39, 0.29) is 11.3 Å². The van der Waals surface area contributed by atoms with Gasteiger partial charge in [-0.3, -0.25) is 14.4 Å². The van der Waals surface area contributed by atoms with Gasteiger partial charge >= 0.3 is 0 Å². The van der Waals surface area contributed by atoms with Gasteiger partial charge in [0.2, 0.25) is 5.91 Å². The standard InChI is InChI=1S/C14H22N4O/c1-17-12(3-7-16-17)11-18-9-2-4-14(6-10-18)5-8-15-13(14)19/h3,7H,2,4-6,8-11H2,1H3,(H,15,19). The largest absolute Gasteiger partial charge is 0.356 e. The number of amides is 1. The Hall–Kier alpha value is -1.36. The second-order valence-corrected chi connectivity index (χ2v) is 5.86. The summed E-state index contributed by atoms with van der Waals surface area (Å²) in [5, 5.41) is 7.22. The van der Waals surface area contributed by atoms with Crippen LogP contribution in [-0.4, -0.2) is 40.2 Å². The van der Waals surface area contributed by atoms with E-state index in [1.54, 1.807) is 0 Å². The Morgan fingerprint density at radius 2 is 2.26 bits per heavy atom. The van der Waals surface area contributed by atoms with Gasteiger partial charge in [-0.25, -0.2) is 0 Å². The number of likely N-dealkylation sites (tertiary alicyclic amines) is 1. The van der Waals surface area contributed by atoms with Crippen molar-refractivity contribution < 1.29 is 4.79 Å². The van der Waals surface area contributed by atoms with Crippen LogP contribution in [0.2, 0.25) is 0 Å². The topological polar surface area (TPSA) is 50.2 Å². The van der Waals surface area contributed by atoms with Crippen molar-refractivity contribution in [2.75, 3.05) is 19.6 Å². The summed E-state index contributed by atoms with van der Waals surface area (Å²) in [4.78, 5) is 14.5. The monoisotopic (exact) mass is 262 g/mol. The van der Waals surface area contributed by atoms with Crippen molar-refractivity contribution >= 4 is 5.91 Å². The smallest absolute Gasteiger partial charge is 0.226 e. The molecule has 3 heterocycles. The molecule has 1 aromatic heterocycles. The van der Waals surface area contributed by atoms with Crippen LogP contribution in [0.5, 0.6) is 0 Å². The summed E-state index contributed by atoms with van der Waals surface area (Å²) < 4.78 is 1.93. The fraction of sp³-hybridized carbons (Fsp3) is 0.714. The normalized spacial score (nSPS) is 28.6. The lowest BCUT2D eigenvalue weighted by Gasteiger charge is -2.24. The van der Waals surface area contributed by atoms with Gasteiger partial charge in [0.1, 0.15) is 0 Å². The molecule has 3 rings (SSSR count). The van der Waals surface area contributed by atoms with Gasteiger partial charge in [-0.2, -0.15) is 5.10 Å². The molecule has 0 aromatic carbocycles. The molecule has 0 radical (unpaired) electrons. The Morgan fingerprint density at radius 1 is 1.37 bits per heavy atom. The van der Waals surface area contributed by atoms with Crippen LogP contribution in [0.25, 0.3) is 0 Å².